The fourth-order valence-corrected chi connectivity index (χ4v) is 1.60. The third kappa shape index (κ3) is 2.07. The van der Waals surface area contributed by atoms with E-state index in [1.54, 1.807) is 12.1 Å². The van der Waals surface area contributed by atoms with Crippen LogP contribution in [0.15, 0.2) is 12.3 Å². The summed E-state index contributed by atoms with van der Waals surface area (Å²) >= 11 is 2.31. The Kier molecular flexibility index (Phi) is 3.28. The first-order chi connectivity index (χ1) is 5.65. The predicted octanol–water partition coefficient (Wildman–Crippen LogP) is 1.63. The quantitative estimate of drug-likeness (QED) is 0.387. The number of alkyl halides is 1. The Morgan fingerprint density at radius 3 is 2.83 bits per heavy atom. The Morgan fingerprint density at radius 1 is 1.67 bits per heavy atom. The zero-order chi connectivity index (χ0) is 9.14. The molecule has 0 unspecified atom stereocenters. The van der Waals surface area contributed by atoms with Crippen molar-refractivity contribution < 1.29 is 0 Å². The van der Waals surface area contributed by atoms with Gasteiger partial charge in [-0.3, -0.25) is 5.01 Å². The summed E-state index contributed by atoms with van der Waals surface area (Å²) in [6.45, 7) is 2.03. The number of halogens is 1. The van der Waals surface area contributed by atoms with E-state index in [-0.39, 0.29) is 0 Å². The maximum Gasteiger partial charge on any atom is 0.146 e. The van der Waals surface area contributed by atoms with Crippen LogP contribution in [0.4, 0.5) is 5.82 Å². The number of anilines is 1. The first-order valence-corrected chi connectivity index (χ1v) is 5.17. The number of aryl methyl sites for hydroxylation is 1. The van der Waals surface area contributed by atoms with Crippen LogP contribution in [-0.4, -0.2) is 12.0 Å². The Morgan fingerprint density at radius 2 is 2.33 bits per heavy atom. The molecule has 66 valence electrons. The van der Waals surface area contributed by atoms with Crippen molar-refractivity contribution in [3.8, 4) is 0 Å². The van der Waals surface area contributed by atoms with Gasteiger partial charge in [0.2, 0.25) is 0 Å². The van der Waals surface area contributed by atoms with E-state index in [2.05, 4.69) is 33.6 Å². The van der Waals surface area contributed by atoms with Crippen LogP contribution in [0, 0.1) is 6.92 Å². The summed E-state index contributed by atoms with van der Waals surface area (Å²) in [7, 11) is 1.80. The molecule has 3 nitrogen and oxygen atoms in total. The van der Waals surface area contributed by atoms with Gasteiger partial charge in [0.05, 0.1) is 0 Å². The van der Waals surface area contributed by atoms with Crippen molar-refractivity contribution in [2.24, 2.45) is 5.84 Å². The van der Waals surface area contributed by atoms with Crippen LogP contribution in [-0.2, 0) is 4.43 Å². The molecule has 0 fully saturated rings. The van der Waals surface area contributed by atoms with Gasteiger partial charge in [-0.15, -0.1) is 0 Å². The van der Waals surface area contributed by atoms with E-state index in [1.165, 1.54) is 11.1 Å². The molecule has 0 aliphatic heterocycles. The number of hydrogen-bond donors (Lipinski definition) is 1. The third-order valence-electron chi connectivity index (χ3n) is 1.56. The van der Waals surface area contributed by atoms with Crippen LogP contribution in [0.1, 0.15) is 11.1 Å². The monoisotopic (exact) mass is 277 g/mol. The molecule has 2 N–H and O–H groups in total. The summed E-state index contributed by atoms with van der Waals surface area (Å²) in [6, 6.07) is 2.11. The second-order valence-electron chi connectivity index (χ2n) is 2.74. The lowest BCUT2D eigenvalue weighted by Crippen LogP contribution is -2.27. The lowest BCUT2D eigenvalue weighted by Gasteiger charge is -2.14. The average Bonchev–Trinajstić information content (AvgIpc) is 2.03. The van der Waals surface area contributed by atoms with Gasteiger partial charge in [-0.2, -0.15) is 0 Å². The van der Waals surface area contributed by atoms with E-state index in [4.69, 9.17) is 5.84 Å². The van der Waals surface area contributed by atoms with Crippen LogP contribution in [0.2, 0.25) is 0 Å². The standard InChI is InChI=1S/C8H12IN3/c1-6-3-7(4-9)8(11-5-6)12(2)10/h3,5H,4,10H2,1-2H3. The minimum atomic E-state index is 0.856. The van der Waals surface area contributed by atoms with Crippen LogP contribution in [0.3, 0.4) is 0 Å². The SMILES string of the molecule is Cc1cnc(N(C)N)c(CI)c1. The summed E-state index contributed by atoms with van der Waals surface area (Å²) in [5, 5.41) is 1.55. The highest BCUT2D eigenvalue weighted by Gasteiger charge is 2.04. The lowest BCUT2D eigenvalue weighted by molar-refractivity contribution is 0.961. The van der Waals surface area contributed by atoms with Gasteiger partial charge >= 0.3 is 0 Å². The maximum atomic E-state index is 5.61. The molecule has 1 aromatic heterocycles. The molecule has 1 aromatic rings. The van der Waals surface area contributed by atoms with Gasteiger partial charge < -0.3 is 0 Å². The van der Waals surface area contributed by atoms with Crippen molar-refractivity contribution in [2.75, 3.05) is 12.1 Å². The smallest absolute Gasteiger partial charge is 0.146 e. The van der Waals surface area contributed by atoms with Crippen molar-refractivity contribution in [3.05, 3.63) is 23.4 Å². The van der Waals surface area contributed by atoms with Gasteiger partial charge in [-0.1, -0.05) is 28.7 Å². The molecule has 4 heteroatoms. The van der Waals surface area contributed by atoms with Crippen molar-refractivity contribution >= 4 is 28.4 Å². The number of hydrazine groups is 1. The molecule has 1 rings (SSSR count). The van der Waals surface area contributed by atoms with E-state index in [9.17, 15) is 0 Å². The Labute approximate surface area is 86.1 Å². The Hall–Kier alpha value is -0.360. The molecule has 1 heterocycles. The third-order valence-corrected chi connectivity index (χ3v) is 2.38. The highest BCUT2D eigenvalue weighted by molar-refractivity contribution is 14.1. The van der Waals surface area contributed by atoms with Gasteiger partial charge in [0, 0.05) is 23.2 Å². The summed E-state index contributed by atoms with van der Waals surface area (Å²) in [5.74, 6) is 6.46. The van der Waals surface area contributed by atoms with Crippen LogP contribution in [0.5, 0.6) is 0 Å². The molecule has 0 bridgehead atoms. The van der Waals surface area contributed by atoms with Gasteiger partial charge in [-0.25, -0.2) is 10.8 Å². The Balaban J connectivity index is 3.11. The zero-order valence-electron chi connectivity index (χ0n) is 7.21. The second kappa shape index (κ2) is 4.04. The van der Waals surface area contributed by atoms with Gasteiger partial charge in [0.25, 0.3) is 0 Å². The number of hydrogen-bond acceptors (Lipinski definition) is 3. The molecule has 0 saturated heterocycles. The van der Waals surface area contributed by atoms with Crippen molar-refractivity contribution in [3.63, 3.8) is 0 Å². The fourth-order valence-electron chi connectivity index (χ4n) is 1.04. The number of nitrogens with two attached hydrogens (primary N) is 1. The minimum absolute atomic E-state index is 0.856. The molecule has 0 aliphatic carbocycles. The molecular weight excluding hydrogens is 265 g/mol. The van der Waals surface area contributed by atoms with Crippen molar-refractivity contribution in [1.82, 2.24) is 4.98 Å². The molecule has 0 aliphatic rings. The molecule has 0 saturated carbocycles. The number of aromatic nitrogens is 1. The average molecular weight is 277 g/mol. The van der Waals surface area contributed by atoms with E-state index < -0.39 is 0 Å². The minimum Gasteiger partial charge on any atom is -0.298 e. The van der Waals surface area contributed by atoms with Gasteiger partial charge in [-0.05, 0) is 12.5 Å². The maximum absolute atomic E-state index is 5.61. The van der Waals surface area contributed by atoms with E-state index in [1.807, 2.05) is 13.1 Å². The molecule has 0 amide bonds. The second-order valence-corrected chi connectivity index (χ2v) is 3.50. The molecule has 0 radical (unpaired) electrons. The van der Waals surface area contributed by atoms with E-state index in [0.717, 1.165) is 10.2 Å². The van der Waals surface area contributed by atoms with Crippen LogP contribution in [0.25, 0.3) is 0 Å². The van der Waals surface area contributed by atoms with E-state index in [0.29, 0.717) is 0 Å². The van der Waals surface area contributed by atoms with Crippen LogP contribution >= 0.6 is 22.6 Å². The van der Waals surface area contributed by atoms with Gasteiger partial charge in [0.1, 0.15) is 5.82 Å². The highest BCUT2D eigenvalue weighted by Crippen LogP contribution is 2.18. The molecule has 0 aromatic carbocycles. The summed E-state index contributed by atoms with van der Waals surface area (Å²) < 4.78 is 0.934. The first-order valence-electron chi connectivity index (χ1n) is 3.65. The molecule has 12 heavy (non-hydrogen) atoms. The normalized spacial score (nSPS) is 10.0. The fraction of sp³-hybridized carbons (Fsp3) is 0.375. The lowest BCUT2D eigenvalue weighted by atomic mass is 10.2. The Bertz CT molecular complexity index is 273. The summed E-state index contributed by atoms with van der Waals surface area (Å²) in [6.07, 6.45) is 1.83. The summed E-state index contributed by atoms with van der Waals surface area (Å²) in [4.78, 5) is 4.24. The molecule has 0 atom stereocenters. The number of pyridine rings is 1. The van der Waals surface area contributed by atoms with E-state index >= 15 is 0 Å². The number of rotatable bonds is 2. The topological polar surface area (TPSA) is 42.2 Å². The predicted molar refractivity (Wildman–Crippen MR) is 59.3 cm³/mol. The van der Waals surface area contributed by atoms with Crippen molar-refractivity contribution in [1.29, 1.82) is 0 Å². The highest BCUT2D eigenvalue weighted by atomic mass is 127. The van der Waals surface area contributed by atoms with Crippen LogP contribution < -0.4 is 10.9 Å². The zero-order valence-corrected chi connectivity index (χ0v) is 9.37. The molecule has 0 spiro atoms. The van der Waals surface area contributed by atoms with Crippen molar-refractivity contribution in [2.45, 2.75) is 11.4 Å². The molecular formula is C8H12IN3. The van der Waals surface area contributed by atoms with Gasteiger partial charge in [0.15, 0.2) is 0 Å². The first kappa shape index (κ1) is 9.73. The summed E-state index contributed by atoms with van der Waals surface area (Å²) in [5.41, 5.74) is 2.35. The number of nitrogens with zero attached hydrogens (tertiary/aromatic N) is 2. The largest absolute Gasteiger partial charge is 0.298 e.